The third-order valence-corrected chi connectivity index (χ3v) is 6.55. The van der Waals surface area contributed by atoms with E-state index in [9.17, 15) is 13.2 Å². The van der Waals surface area contributed by atoms with E-state index in [1.807, 2.05) is 6.92 Å². The van der Waals surface area contributed by atoms with Crippen LogP contribution in [0.15, 0.2) is 24.3 Å². The third-order valence-electron chi connectivity index (χ3n) is 6.55. The maximum absolute atomic E-state index is 14.9. The summed E-state index contributed by atoms with van der Waals surface area (Å²) in [5.74, 6) is -1.22. The van der Waals surface area contributed by atoms with E-state index in [0.717, 1.165) is 29.9 Å². The molecule has 0 saturated heterocycles. The van der Waals surface area contributed by atoms with Gasteiger partial charge >= 0.3 is 0 Å². The lowest BCUT2D eigenvalue weighted by atomic mass is 9.78. The van der Waals surface area contributed by atoms with Crippen molar-refractivity contribution in [3.05, 3.63) is 52.8 Å². The molecule has 1 saturated carbocycles. The molecular formula is C26H33F3O. The second kappa shape index (κ2) is 10.4. The van der Waals surface area contributed by atoms with Crippen LogP contribution < -0.4 is 4.74 Å². The van der Waals surface area contributed by atoms with Gasteiger partial charge in [-0.15, -0.1) is 0 Å². The second-order valence-electron chi connectivity index (χ2n) is 8.64. The van der Waals surface area contributed by atoms with Gasteiger partial charge in [0.15, 0.2) is 11.6 Å². The summed E-state index contributed by atoms with van der Waals surface area (Å²) < 4.78 is 48.7. The molecule has 1 fully saturated rings. The molecule has 0 amide bonds. The van der Waals surface area contributed by atoms with Crippen LogP contribution in [0.4, 0.5) is 13.2 Å². The summed E-state index contributed by atoms with van der Waals surface area (Å²) in [6.07, 6.45) is 9.64. The lowest BCUT2D eigenvalue weighted by molar-refractivity contribution is 0.252. The summed E-state index contributed by atoms with van der Waals surface area (Å²) in [5, 5.41) is 0. The predicted molar refractivity (Wildman–Crippen MR) is 116 cm³/mol. The van der Waals surface area contributed by atoms with Crippen molar-refractivity contribution in [3.8, 4) is 16.9 Å². The largest absolute Gasteiger partial charge is 0.491 e. The monoisotopic (exact) mass is 418 g/mol. The highest BCUT2D eigenvalue weighted by atomic mass is 19.2. The van der Waals surface area contributed by atoms with E-state index in [2.05, 4.69) is 6.92 Å². The molecule has 3 rings (SSSR count). The zero-order valence-electron chi connectivity index (χ0n) is 18.4. The van der Waals surface area contributed by atoms with Crippen LogP contribution in [0.3, 0.4) is 0 Å². The SMILES string of the molecule is CCCC1CCC(CCc2cc(F)c(-c3ccc(OCC)c(F)c3F)cc2C)CC1. The van der Waals surface area contributed by atoms with Gasteiger partial charge in [0.2, 0.25) is 5.82 Å². The fourth-order valence-electron chi connectivity index (χ4n) is 4.78. The van der Waals surface area contributed by atoms with E-state index in [1.165, 1.54) is 56.7 Å². The Bertz CT molecular complexity index is 854. The first-order valence-electron chi connectivity index (χ1n) is 11.3. The van der Waals surface area contributed by atoms with E-state index in [1.54, 1.807) is 13.0 Å². The van der Waals surface area contributed by atoms with Crippen LogP contribution >= 0.6 is 0 Å². The van der Waals surface area contributed by atoms with Gasteiger partial charge in [-0.3, -0.25) is 0 Å². The summed E-state index contributed by atoms with van der Waals surface area (Å²) in [5.41, 5.74) is 1.90. The average molecular weight is 419 g/mol. The van der Waals surface area contributed by atoms with E-state index >= 15 is 0 Å². The van der Waals surface area contributed by atoms with E-state index < -0.39 is 17.5 Å². The average Bonchev–Trinajstić information content (AvgIpc) is 2.73. The van der Waals surface area contributed by atoms with Crippen molar-refractivity contribution in [1.29, 1.82) is 0 Å². The molecule has 2 aromatic carbocycles. The van der Waals surface area contributed by atoms with Gasteiger partial charge in [0, 0.05) is 11.1 Å². The Labute approximate surface area is 178 Å². The first kappa shape index (κ1) is 22.7. The maximum Gasteiger partial charge on any atom is 0.201 e. The van der Waals surface area contributed by atoms with Crippen molar-refractivity contribution in [3.63, 3.8) is 0 Å². The molecule has 0 bridgehead atoms. The third kappa shape index (κ3) is 5.19. The minimum absolute atomic E-state index is 0.0719. The van der Waals surface area contributed by atoms with Crippen molar-refractivity contribution in [2.24, 2.45) is 11.8 Å². The van der Waals surface area contributed by atoms with Gasteiger partial charge in [-0.25, -0.2) is 8.78 Å². The minimum atomic E-state index is -1.07. The Hall–Kier alpha value is -1.97. The number of ether oxygens (including phenoxy) is 1. The number of benzene rings is 2. The highest BCUT2D eigenvalue weighted by Crippen LogP contribution is 2.36. The molecule has 0 radical (unpaired) electrons. The number of halogens is 3. The van der Waals surface area contributed by atoms with Crippen molar-refractivity contribution in [2.45, 2.75) is 72.1 Å². The first-order valence-corrected chi connectivity index (χ1v) is 11.3. The summed E-state index contributed by atoms with van der Waals surface area (Å²) >= 11 is 0. The van der Waals surface area contributed by atoms with E-state index in [4.69, 9.17) is 4.74 Å². The standard InChI is InChI=1S/C26H33F3O/c1-4-6-18-7-9-19(10-8-18)11-12-20-16-23(27)22(15-17(20)3)21-13-14-24(30-5-2)26(29)25(21)28/h13-16,18-19H,4-12H2,1-3H3. The number of rotatable bonds is 8. The fourth-order valence-corrected chi connectivity index (χ4v) is 4.78. The molecule has 1 aliphatic carbocycles. The quantitative estimate of drug-likeness (QED) is 0.422. The Kier molecular flexibility index (Phi) is 7.85. The van der Waals surface area contributed by atoms with Gasteiger partial charge in [-0.1, -0.05) is 45.4 Å². The molecule has 0 aliphatic heterocycles. The molecule has 4 heteroatoms. The van der Waals surface area contributed by atoms with Gasteiger partial charge in [0.1, 0.15) is 5.82 Å². The van der Waals surface area contributed by atoms with Gasteiger partial charge < -0.3 is 4.74 Å². The van der Waals surface area contributed by atoms with Gasteiger partial charge in [0.25, 0.3) is 0 Å². The van der Waals surface area contributed by atoms with E-state index in [-0.39, 0.29) is 23.5 Å². The molecule has 0 N–H and O–H groups in total. The van der Waals surface area contributed by atoms with Crippen molar-refractivity contribution < 1.29 is 17.9 Å². The molecule has 0 aromatic heterocycles. The fraction of sp³-hybridized carbons (Fsp3) is 0.538. The Balaban J connectivity index is 1.71. The van der Waals surface area contributed by atoms with Crippen LogP contribution in [-0.4, -0.2) is 6.61 Å². The van der Waals surface area contributed by atoms with Crippen LogP contribution in [0, 0.1) is 36.2 Å². The van der Waals surface area contributed by atoms with Crippen LogP contribution in [0.5, 0.6) is 5.75 Å². The lowest BCUT2D eigenvalue weighted by Gasteiger charge is -2.28. The van der Waals surface area contributed by atoms with Gasteiger partial charge in [-0.2, -0.15) is 4.39 Å². The Morgan fingerprint density at radius 3 is 2.17 bits per heavy atom. The van der Waals surface area contributed by atoms with E-state index in [0.29, 0.717) is 5.92 Å². The smallest absolute Gasteiger partial charge is 0.201 e. The maximum atomic E-state index is 14.9. The zero-order valence-corrected chi connectivity index (χ0v) is 18.4. The molecule has 0 spiro atoms. The molecule has 164 valence electrons. The van der Waals surface area contributed by atoms with Crippen LogP contribution in [0.1, 0.15) is 69.9 Å². The van der Waals surface area contributed by atoms with Crippen molar-refractivity contribution in [1.82, 2.24) is 0 Å². The highest BCUT2D eigenvalue weighted by molar-refractivity contribution is 5.67. The van der Waals surface area contributed by atoms with Crippen LogP contribution in [-0.2, 0) is 6.42 Å². The van der Waals surface area contributed by atoms with Crippen molar-refractivity contribution >= 4 is 0 Å². The van der Waals surface area contributed by atoms with Gasteiger partial charge in [0.05, 0.1) is 6.61 Å². The molecule has 0 heterocycles. The minimum Gasteiger partial charge on any atom is -0.491 e. The van der Waals surface area contributed by atoms with Crippen LogP contribution in [0.2, 0.25) is 0 Å². The topological polar surface area (TPSA) is 9.23 Å². The summed E-state index contributed by atoms with van der Waals surface area (Å²) in [4.78, 5) is 0. The molecule has 0 atom stereocenters. The Morgan fingerprint density at radius 1 is 0.867 bits per heavy atom. The van der Waals surface area contributed by atoms with Crippen LogP contribution in [0.25, 0.3) is 11.1 Å². The molecule has 1 nitrogen and oxygen atoms in total. The number of hydrogen-bond donors (Lipinski definition) is 0. The second-order valence-corrected chi connectivity index (χ2v) is 8.64. The molecule has 0 unspecified atom stereocenters. The van der Waals surface area contributed by atoms with Crippen molar-refractivity contribution in [2.75, 3.05) is 6.61 Å². The molecule has 2 aromatic rings. The number of aryl methyl sites for hydroxylation is 2. The number of hydrogen-bond acceptors (Lipinski definition) is 1. The normalized spacial score (nSPS) is 19.1. The Morgan fingerprint density at radius 2 is 1.53 bits per heavy atom. The van der Waals surface area contributed by atoms with Gasteiger partial charge in [-0.05, 0) is 73.9 Å². The molecule has 30 heavy (non-hydrogen) atoms. The summed E-state index contributed by atoms with van der Waals surface area (Å²) in [6.45, 7) is 6.10. The molecular weight excluding hydrogens is 385 g/mol. The zero-order chi connectivity index (χ0) is 21.7. The predicted octanol–water partition coefficient (Wildman–Crippen LogP) is 8.02. The summed E-state index contributed by atoms with van der Waals surface area (Å²) in [7, 11) is 0. The lowest BCUT2D eigenvalue weighted by Crippen LogP contribution is -2.15. The summed E-state index contributed by atoms with van der Waals surface area (Å²) in [6, 6.07) is 5.88. The first-order chi connectivity index (χ1) is 14.4. The highest BCUT2D eigenvalue weighted by Gasteiger charge is 2.22. The molecule has 1 aliphatic rings.